The molecule has 0 unspecified atom stereocenters. The van der Waals surface area contributed by atoms with Crippen molar-refractivity contribution in [2.45, 2.75) is 6.54 Å². The highest BCUT2D eigenvalue weighted by Crippen LogP contribution is 1.75. The number of pyridine rings is 1. The maximum Gasteiger partial charge on any atom is 0.169 e. The molecule has 1 rings (SSSR count). The van der Waals surface area contributed by atoms with Crippen LogP contribution < -0.4 is 28.5 Å². The minimum absolute atomic E-state index is 0. The summed E-state index contributed by atoms with van der Waals surface area (Å²) in [6, 6.07) is 6.01. The van der Waals surface area contributed by atoms with Crippen LogP contribution in [0, 0.1) is 0 Å². The average molecular weight is 247 g/mol. The normalized spacial score (nSPS) is 8.00. The maximum atomic E-state index is 3.64. The van der Waals surface area contributed by atoms with Gasteiger partial charge in [-0.15, -0.1) is 0 Å². The van der Waals surface area contributed by atoms with Crippen LogP contribution in [0.2, 0.25) is 0 Å². The smallest absolute Gasteiger partial charge is 0.169 e. The lowest BCUT2D eigenvalue weighted by molar-refractivity contribution is -0.687. The summed E-state index contributed by atoms with van der Waals surface area (Å²) >= 11 is 0. The molecule has 1 heterocycles. The molecule has 0 bridgehead atoms. The zero-order valence-corrected chi connectivity index (χ0v) is 7.86. The van der Waals surface area contributed by atoms with Gasteiger partial charge in [0.2, 0.25) is 0 Å². The number of hydrogen-bond donors (Lipinski definition) is 0. The van der Waals surface area contributed by atoms with E-state index in [0.717, 1.165) is 6.54 Å². The summed E-state index contributed by atoms with van der Waals surface area (Å²) in [6.45, 7) is 4.52. The largest absolute Gasteiger partial charge is 1.00 e. The molecule has 54 valence electrons. The third-order valence-electron chi connectivity index (χ3n) is 1.12. The maximum absolute atomic E-state index is 3.64. The number of aromatic nitrogens is 1. The van der Waals surface area contributed by atoms with Gasteiger partial charge in [0.05, 0.1) is 0 Å². The van der Waals surface area contributed by atoms with Crippen molar-refractivity contribution in [3.8, 4) is 0 Å². The lowest BCUT2D eigenvalue weighted by Crippen LogP contribution is -3.00. The van der Waals surface area contributed by atoms with E-state index in [1.807, 2.05) is 36.7 Å². The van der Waals surface area contributed by atoms with Gasteiger partial charge in [-0.1, -0.05) is 12.6 Å². The second-order valence-corrected chi connectivity index (χ2v) is 1.86. The van der Waals surface area contributed by atoms with E-state index in [2.05, 4.69) is 11.1 Å². The molecule has 0 fully saturated rings. The van der Waals surface area contributed by atoms with Crippen molar-refractivity contribution < 1.29 is 28.5 Å². The van der Waals surface area contributed by atoms with E-state index in [-0.39, 0.29) is 24.0 Å². The topological polar surface area (TPSA) is 3.88 Å². The predicted octanol–water partition coefficient (Wildman–Crippen LogP) is -1.84. The third kappa shape index (κ3) is 2.96. The Hall–Kier alpha value is -0.380. The van der Waals surface area contributed by atoms with E-state index < -0.39 is 0 Å². The molecule has 0 aliphatic carbocycles. The molecule has 1 nitrogen and oxygen atoms in total. The molecule has 0 atom stereocenters. The summed E-state index contributed by atoms with van der Waals surface area (Å²) in [4.78, 5) is 0. The minimum Gasteiger partial charge on any atom is -1.00 e. The zero-order chi connectivity index (χ0) is 6.53. The Labute approximate surface area is 78.4 Å². The highest BCUT2D eigenvalue weighted by atomic mass is 127. The second-order valence-electron chi connectivity index (χ2n) is 1.86. The highest BCUT2D eigenvalue weighted by Gasteiger charge is 1.88. The van der Waals surface area contributed by atoms with E-state index in [1.165, 1.54) is 0 Å². The van der Waals surface area contributed by atoms with Crippen molar-refractivity contribution in [2.24, 2.45) is 0 Å². The van der Waals surface area contributed by atoms with Gasteiger partial charge >= 0.3 is 0 Å². The van der Waals surface area contributed by atoms with Crippen molar-refractivity contribution in [2.75, 3.05) is 0 Å². The quantitative estimate of drug-likeness (QED) is 0.328. The summed E-state index contributed by atoms with van der Waals surface area (Å²) < 4.78 is 2.06. The number of halogens is 1. The predicted molar refractivity (Wildman–Crippen MR) is 36.8 cm³/mol. The average Bonchev–Trinajstić information content (AvgIpc) is 1.91. The van der Waals surface area contributed by atoms with E-state index in [4.69, 9.17) is 0 Å². The van der Waals surface area contributed by atoms with Gasteiger partial charge in [-0.25, -0.2) is 4.57 Å². The first-order valence-corrected chi connectivity index (χ1v) is 2.98. The van der Waals surface area contributed by atoms with Gasteiger partial charge in [-0.05, 0) is 6.08 Å². The molecule has 2 heteroatoms. The monoisotopic (exact) mass is 247 g/mol. The Kier molecular flexibility index (Phi) is 5.20. The van der Waals surface area contributed by atoms with Crippen LogP contribution in [0.3, 0.4) is 0 Å². The van der Waals surface area contributed by atoms with Crippen molar-refractivity contribution in [1.29, 1.82) is 0 Å². The van der Waals surface area contributed by atoms with Gasteiger partial charge in [-0.3, -0.25) is 0 Å². The van der Waals surface area contributed by atoms with Crippen LogP contribution in [0.15, 0.2) is 43.2 Å². The molecule has 0 aromatic carbocycles. The van der Waals surface area contributed by atoms with Crippen LogP contribution in [0.4, 0.5) is 0 Å². The van der Waals surface area contributed by atoms with Crippen LogP contribution in [0.25, 0.3) is 0 Å². The van der Waals surface area contributed by atoms with E-state index >= 15 is 0 Å². The molecular formula is C8H10IN. The Bertz CT molecular complexity index is 184. The molecular weight excluding hydrogens is 237 g/mol. The molecule has 1 aromatic rings. The SMILES string of the molecule is C=CC[n+]1ccccc1.[I-]. The number of nitrogens with zero attached hydrogens (tertiary/aromatic N) is 1. The Morgan fingerprint density at radius 3 is 2.30 bits per heavy atom. The zero-order valence-electron chi connectivity index (χ0n) is 5.70. The number of hydrogen-bond acceptors (Lipinski definition) is 0. The fourth-order valence-corrected chi connectivity index (χ4v) is 0.705. The van der Waals surface area contributed by atoms with Crippen LogP contribution in [0.5, 0.6) is 0 Å². The standard InChI is InChI=1S/C8H10N.HI/c1-2-6-9-7-4-3-5-8-9;/h2-5,7-8H,1,6H2;1H/q+1;/p-1. The van der Waals surface area contributed by atoms with Gasteiger partial charge < -0.3 is 24.0 Å². The lowest BCUT2D eigenvalue weighted by Gasteiger charge is -1.86. The third-order valence-corrected chi connectivity index (χ3v) is 1.12. The van der Waals surface area contributed by atoms with Crippen LogP contribution in [-0.2, 0) is 6.54 Å². The first kappa shape index (κ1) is 9.62. The first-order chi connectivity index (χ1) is 4.43. The summed E-state index contributed by atoms with van der Waals surface area (Å²) in [5, 5.41) is 0. The summed E-state index contributed by atoms with van der Waals surface area (Å²) in [6.07, 6.45) is 5.91. The van der Waals surface area contributed by atoms with Crippen molar-refractivity contribution in [3.05, 3.63) is 43.2 Å². The molecule has 10 heavy (non-hydrogen) atoms. The Morgan fingerprint density at radius 2 is 1.80 bits per heavy atom. The van der Waals surface area contributed by atoms with Crippen molar-refractivity contribution in [1.82, 2.24) is 0 Å². The molecule has 0 aliphatic rings. The van der Waals surface area contributed by atoms with Gasteiger partial charge in [0.25, 0.3) is 0 Å². The molecule has 0 saturated carbocycles. The van der Waals surface area contributed by atoms with Crippen LogP contribution in [-0.4, -0.2) is 0 Å². The lowest BCUT2D eigenvalue weighted by atomic mass is 10.5. The van der Waals surface area contributed by atoms with E-state index in [0.29, 0.717) is 0 Å². The first-order valence-electron chi connectivity index (χ1n) is 2.98. The molecule has 0 amide bonds. The Balaban J connectivity index is 0.000000810. The number of allylic oxidation sites excluding steroid dienone is 1. The van der Waals surface area contributed by atoms with Crippen LogP contribution in [0.1, 0.15) is 0 Å². The fraction of sp³-hybridized carbons (Fsp3) is 0.125. The Morgan fingerprint density at radius 1 is 1.20 bits per heavy atom. The van der Waals surface area contributed by atoms with Crippen molar-refractivity contribution in [3.63, 3.8) is 0 Å². The van der Waals surface area contributed by atoms with Gasteiger partial charge in [0.15, 0.2) is 18.9 Å². The summed E-state index contributed by atoms with van der Waals surface area (Å²) in [7, 11) is 0. The van der Waals surface area contributed by atoms with Gasteiger partial charge in [0.1, 0.15) is 0 Å². The molecule has 0 saturated heterocycles. The second kappa shape index (κ2) is 5.41. The van der Waals surface area contributed by atoms with Crippen molar-refractivity contribution >= 4 is 0 Å². The summed E-state index contributed by atoms with van der Waals surface area (Å²) in [5.74, 6) is 0. The van der Waals surface area contributed by atoms with Gasteiger partial charge in [-0.2, -0.15) is 0 Å². The van der Waals surface area contributed by atoms with Gasteiger partial charge in [0, 0.05) is 12.1 Å². The molecule has 1 aromatic heterocycles. The molecule has 0 spiro atoms. The fourth-order valence-electron chi connectivity index (χ4n) is 0.705. The van der Waals surface area contributed by atoms with Crippen LogP contribution >= 0.6 is 0 Å². The molecule has 0 radical (unpaired) electrons. The van der Waals surface area contributed by atoms with E-state index in [9.17, 15) is 0 Å². The molecule has 0 aliphatic heterocycles. The van der Waals surface area contributed by atoms with E-state index in [1.54, 1.807) is 0 Å². The highest BCUT2D eigenvalue weighted by molar-refractivity contribution is 4.83. The molecule has 0 N–H and O–H groups in total. The number of rotatable bonds is 2. The minimum atomic E-state index is 0. The summed E-state index contributed by atoms with van der Waals surface area (Å²) in [5.41, 5.74) is 0.